The summed E-state index contributed by atoms with van der Waals surface area (Å²) in [5.74, 6) is -2.43. The summed E-state index contributed by atoms with van der Waals surface area (Å²) < 4.78 is 33.2. The number of rotatable bonds is 3. The van der Waals surface area contributed by atoms with Crippen molar-refractivity contribution in [1.82, 2.24) is 0 Å². The number of hydrogen-bond donors (Lipinski definition) is 2. The average Bonchev–Trinajstić information content (AvgIpc) is 2.59. The molecule has 0 saturated carbocycles. The van der Waals surface area contributed by atoms with Gasteiger partial charge >= 0.3 is 0 Å². The van der Waals surface area contributed by atoms with Crippen LogP contribution >= 0.6 is 0 Å². The van der Waals surface area contributed by atoms with Gasteiger partial charge in [-0.1, -0.05) is 24.3 Å². The molecule has 3 aromatic carbocycles. The van der Waals surface area contributed by atoms with Gasteiger partial charge in [-0.2, -0.15) is 4.99 Å². The molecule has 0 aliphatic rings. The van der Waals surface area contributed by atoms with Crippen molar-refractivity contribution < 1.29 is 18.3 Å². The zero-order valence-electron chi connectivity index (χ0n) is 13.8. The first kappa shape index (κ1) is 17.3. The molecule has 0 aliphatic heterocycles. The van der Waals surface area contributed by atoms with E-state index in [1.807, 2.05) is 6.07 Å². The molecule has 0 aliphatic carbocycles. The molecule has 3 rings (SSSR count). The predicted molar refractivity (Wildman–Crippen MR) is 96.0 cm³/mol. The minimum Gasteiger partial charge on any atom is -0.496 e. The van der Waals surface area contributed by atoms with Crippen molar-refractivity contribution in [3.05, 3.63) is 65.7 Å². The lowest BCUT2D eigenvalue weighted by Gasteiger charge is -2.13. The number of halogens is 2. The number of aliphatic imine (C=N–C) groups is 1. The molecule has 0 fully saturated rings. The summed E-state index contributed by atoms with van der Waals surface area (Å²) in [4.78, 5) is 15.6. The lowest BCUT2D eigenvalue weighted by molar-refractivity contribution is 0.100. The molecule has 4 N–H and O–H groups in total. The molecule has 0 atom stereocenters. The van der Waals surface area contributed by atoms with Gasteiger partial charge in [0.15, 0.2) is 5.96 Å². The first-order valence-corrected chi connectivity index (χ1v) is 7.61. The summed E-state index contributed by atoms with van der Waals surface area (Å²) in [5.41, 5.74) is 11.3. The predicted octanol–water partition coefficient (Wildman–Crippen LogP) is 3.21. The van der Waals surface area contributed by atoms with Crippen LogP contribution in [0.4, 0.5) is 8.78 Å². The third-order valence-corrected chi connectivity index (χ3v) is 3.87. The number of methoxy groups -OCH3 is 1. The molecule has 0 heterocycles. The summed E-state index contributed by atoms with van der Waals surface area (Å²) >= 11 is 0. The molecule has 132 valence electrons. The molecule has 5 nitrogen and oxygen atoms in total. The third kappa shape index (κ3) is 3.19. The van der Waals surface area contributed by atoms with Gasteiger partial charge in [0, 0.05) is 17.7 Å². The highest BCUT2D eigenvalue weighted by molar-refractivity contribution is 6.06. The van der Waals surface area contributed by atoms with E-state index in [4.69, 9.17) is 16.2 Å². The van der Waals surface area contributed by atoms with Crippen LogP contribution in [0.15, 0.2) is 53.5 Å². The normalized spacial score (nSPS) is 10.6. The molecule has 26 heavy (non-hydrogen) atoms. The number of carbonyl (C=O) groups excluding carboxylic acids is 1. The van der Waals surface area contributed by atoms with E-state index in [2.05, 4.69) is 4.99 Å². The number of ether oxygens (including phenoxy) is 1. The second-order valence-corrected chi connectivity index (χ2v) is 5.55. The summed E-state index contributed by atoms with van der Waals surface area (Å²) in [6, 6.07) is 11.9. The van der Waals surface area contributed by atoms with Gasteiger partial charge in [-0.05, 0) is 28.5 Å². The van der Waals surface area contributed by atoms with Crippen molar-refractivity contribution in [2.24, 2.45) is 16.5 Å². The van der Waals surface area contributed by atoms with Crippen LogP contribution in [0.1, 0.15) is 10.4 Å². The molecule has 0 radical (unpaired) electrons. The van der Waals surface area contributed by atoms with Crippen LogP contribution in [0.3, 0.4) is 0 Å². The Bertz CT molecular complexity index is 1040. The Labute approximate surface area is 147 Å². The first-order valence-electron chi connectivity index (χ1n) is 7.61. The maximum atomic E-state index is 14.5. The fraction of sp³-hybridized carbons (Fsp3) is 0.0526. The van der Waals surface area contributed by atoms with Crippen molar-refractivity contribution in [3.63, 3.8) is 0 Å². The third-order valence-electron chi connectivity index (χ3n) is 3.87. The highest BCUT2D eigenvalue weighted by Gasteiger charge is 2.17. The molecule has 0 aromatic heterocycles. The molecular formula is C19H15F2N3O2. The van der Waals surface area contributed by atoms with Crippen molar-refractivity contribution in [1.29, 1.82) is 0 Å². The Balaban J connectivity index is 2.28. The van der Waals surface area contributed by atoms with Gasteiger partial charge in [0.25, 0.3) is 5.91 Å². The van der Waals surface area contributed by atoms with Gasteiger partial charge in [-0.3, -0.25) is 4.79 Å². The Morgan fingerprint density at radius 1 is 1.08 bits per heavy atom. The molecule has 0 spiro atoms. The second kappa shape index (κ2) is 6.79. The largest absolute Gasteiger partial charge is 0.496 e. The van der Waals surface area contributed by atoms with E-state index in [1.165, 1.54) is 7.11 Å². The number of guanidine groups is 1. The van der Waals surface area contributed by atoms with Crippen LogP contribution in [0.2, 0.25) is 0 Å². The van der Waals surface area contributed by atoms with Crippen LogP contribution in [-0.4, -0.2) is 19.0 Å². The van der Waals surface area contributed by atoms with Gasteiger partial charge in [0.05, 0.1) is 12.7 Å². The molecule has 0 unspecified atom stereocenters. The van der Waals surface area contributed by atoms with E-state index in [9.17, 15) is 13.6 Å². The SMILES string of the molecule is COc1cc(F)cc(F)c1-c1cccc2ccc(C(=O)N=C(N)N)cc12. The van der Waals surface area contributed by atoms with Crippen LogP contribution in [-0.2, 0) is 0 Å². The van der Waals surface area contributed by atoms with E-state index >= 15 is 0 Å². The highest BCUT2D eigenvalue weighted by atomic mass is 19.1. The topological polar surface area (TPSA) is 90.7 Å². The number of amides is 1. The molecule has 7 heteroatoms. The summed E-state index contributed by atoms with van der Waals surface area (Å²) in [5, 5.41) is 1.34. The molecule has 0 saturated heterocycles. The standard InChI is InChI=1S/C19H15F2N3O2/c1-26-16-9-12(20)8-15(21)17(16)13-4-2-3-10-5-6-11(7-14(10)13)18(25)24-19(22)23/h2-9H,1H3,(H4,22,23,24,25). The number of nitrogens with two attached hydrogens (primary N) is 2. The van der Waals surface area contributed by atoms with Crippen LogP contribution in [0.5, 0.6) is 5.75 Å². The van der Waals surface area contributed by atoms with E-state index in [-0.39, 0.29) is 22.8 Å². The summed E-state index contributed by atoms with van der Waals surface area (Å²) in [6.07, 6.45) is 0. The van der Waals surface area contributed by atoms with E-state index in [0.717, 1.165) is 17.5 Å². The van der Waals surface area contributed by atoms with Crippen molar-refractivity contribution in [3.8, 4) is 16.9 Å². The highest BCUT2D eigenvalue weighted by Crippen LogP contribution is 2.38. The number of hydrogen-bond acceptors (Lipinski definition) is 2. The average molecular weight is 355 g/mol. The lowest BCUT2D eigenvalue weighted by Crippen LogP contribution is -2.24. The summed E-state index contributed by atoms with van der Waals surface area (Å²) in [6.45, 7) is 0. The fourth-order valence-electron chi connectivity index (χ4n) is 2.78. The van der Waals surface area contributed by atoms with Crippen molar-refractivity contribution in [2.75, 3.05) is 7.11 Å². The zero-order valence-corrected chi connectivity index (χ0v) is 13.8. The molecule has 1 amide bonds. The van der Waals surface area contributed by atoms with Gasteiger partial charge in [-0.15, -0.1) is 0 Å². The van der Waals surface area contributed by atoms with Crippen molar-refractivity contribution in [2.45, 2.75) is 0 Å². The van der Waals surface area contributed by atoms with Crippen LogP contribution in [0, 0.1) is 11.6 Å². The smallest absolute Gasteiger partial charge is 0.280 e. The van der Waals surface area contributed by atoms with E-state index in [1.54, 1.807) is 30.3 Å². The molecule has 3 aromatic rings. The maximum Gasteiger partial charge on any atom is 0.280 e. The maximum absolute atomic E-state index is 14.5. The Hall–Kier alpha value is -3.48. The van der Waals surface area contributed by atoms with E-state index < -0.39 is 17.5 Å². The Morgan fingerprint density at radius 2 is 1.85 bits per heavy atom. The van der Waals surface area contributed by atoms with Gasteiger partial charge in [0.2, 0.25) is 0 Å². The first-order chi connectivity index (χ1) is 12.4. The second-order valence-electron chi connectivity index (χ2n) is 5.55. The van der Waals surface area contributed by atoms with Gasteiger partial charge in [-0.25, -0.2) is 8.78 Å². The van der Waals surface area contributed by atoms with Crippen LogP contribution < -0.4 is 16.2 Å². The van der Waals surface area contributed by atoms with Gasteiger partial charge < -0.3 is 16.2 Å². The monoisotopic (exact) mass is 355 g/mol. The fourth-order valence-corrected chi connectivity index (χ4v) is 2.78. The number of benzene rings is 3. The minimum atomic E-state index is -0.768. The molecule has 0 bridgehead atoms. The number of fused-ring (bicyclic) bond motifs is 1. The Morgan fingerprint density at radius 3 is 2.54 bits per heavy atom. The number of nitrogens with zero attached hydrogens (tertiary/aromatic N) is 1. The minimum absolute atomic E-state index is 0.0518. The quantitative estimate of drug-likeness (QED) is 0.557. The van der Waals surface area contributed by atoms with Gasteiger partial charge in [0.1, 0.15) is 17.4 Å². The lowest BCUT2D eigenvalue weighted by atomic mass is 9.95. The van der Waals surface area contributed by atoms with Crippen LogP contribution in [0.25, 0.3) is 21.9 Å². The Kier molecular flexibility index (Phi) is 4.53. The summed E-state index contributed by atoms with van der Waals surface area (Å²) in [7, 11) is 1.33. The molecular weight excluding hydrogens is 340 g/mol. The number of carbonyl (C=O) groups is 1. The van der Waals surface area contributed by atoms with E-state index in [0.29, 0.717) is 10.9 Å². The zero-order chi connectivity index (χ0) is 18.8. The van der Waals surface area contributed by atoms with Crippen molar-refractivity contribution >= 4 is 22.6 Å².